The van der Waals surface area contributed by atoms with Crippen LogP contribution in [0, 0.1) is 0 Å². The molecular formula is C18H16NO3+. The highest BCUT2D eigenvalue weighted by molar-refractivity contribution is 5.82. The van der Waals surface area contributed by atoms with Crippen molar-refractivity contribution in [2.45, 2.75) is 6.61 Å². The number of hydrogen-bond donors (Lipinski definition) is 0. The molecule has 0 atom stereocenters. The Morgan fingerprint density at radius 1 is 1.05 bits per heavy atom. The first-order valence-electron chi connectivity index (χ1n) is 6.96. The number of ether oxygens (including phenoxy) is 2. The van der Waals surface area contributed by atoms with E-state index in [4.69, 9.17) is 9.47 Å². The number of pyridine rings is 1. The number of methoxy groups -OCH3 is 1. The summed E-state index contributed by atoms with van der Waals surface area (Å²) < 4.78 is 11.9. The molecule has 0 aliphatic rings. The van der Waals surface area contributed by atoms with E-state index in [0.29, 0.717) is 0 Å². The molecule has 1 heterocycles. The molecule has 0 spiro atoms. The number of nitrogens with zero attached hydrogens (tertiary/aromatic N) is 1. The molecule has 3 rings (SSSR count). The minimum atomic E-state index is -0.401. The standard InChI is InChI=1S/C18H16NO3/c1-21-17-8-7-16-12-19(10-9-15(16)11-17)18(20)22-13-14-5-3-2-4-6-14/h2-12H,13H2,1H3/q+1. The number of rotatable bonds is 3. The van der Waals surface area contributed by atoms with E-state index >= 15 is 0 Å². The monoisotopic (exact) mass is 294 g/mol. The summed E-state index contributed by atoms with van der Waals surface area (Å²) in [5, 5.41) is 1.95. The summed E-state index contributed by atoms with van der Waals surface area (Å²) >= 11 is 0. The summed E-state index contributed by atoms with van der Waals surface area (Å²) in [5.41, 5.74) is 0.960. The minimum Gasteiger partial charge on any atom is -0.497 e. The van der Waals surface area contributed by atoms with Gasteiger partial charge in [0.05, 0.1) is 7.11 Å². The van der Waals surface area contributed by atoms with E-state index in [2.05, 4.69) is 0 Å². The average molecular weight is 294 g/mol. The van der Waals surface area contributed by atoms with E-state index in [9.17, 15) is 4.79 Å². The van der Waals surface area contributed by atoms with Crippen LogP contribution in [0.2, 0.25) is 0 Å². The Labute approximate surface area is 128 Å². The lowest BCUT2D eigenvalue weighted by molar-refractivity contribution is -0.585. The molecule has 0 unspecified atom stereocenters. The largest absolute Gasteiger partial charge is 0.602 e. The Morgan fingerprint density at radius 3 is 2.64 bits per heavy atom. The molecule has 22 heavy (non-hydrogen) atoms. The summed E-state index contributed by atoms with van der Waals surface area (Å²) in [6.07, 6.45) is 3.04. The highest BCUT2D eigenvalue weighted by Gasteiger charge is 2.16. The van der Waals surface area contributed by atoms with Crippen molar-refractivity contribution in [3.63, 3.8) is 0 Å². The van der Waals surface area contributed by atoms with Gasteiger partial charge in [-0.15, -0.1) is 0 Å². The minimum absolute atomic E-state index is 0.257. The number of benzene rings is 2. The SMILES string of the molecule is COc1ccc2c[n+](C(=O)OCc3ccccc3)ccc2c1. The fourth-order valence-corrected chi connectivity index (χ4v) is 2.20. The average Bonchev–Trinajstić information content (AvgIpc) is 2.59. The van der Waals surface area contributed by atoms with Crippen molar-refractivity contribution in [2.24, 2.45) is 0 Å². The van der Waals surface area contributed by atoms with E-state index in [1.54, 1.807) is 19.5 Å². The van der Waals surface area contributed by atoms with Crippen LogP contribution in [0.5, 0.6) is 5.75 Å². The number of carbonyl (C=O) groups is 1. The molecule has 0 saturated heterocycles. The van der Waals surface area contributed by atoms with E-state index in [-0.39, 0.29) is 6.61 Å². The molecule has 0 bridgehead atoms. The van der Waals surface area contributed by atoms with E-state index in [0.717, 1.165) is 22.1 Å². The quantitative estimate of drug-likeness (QED) is 0.696. The molecule has 4 heteroatoms. The van der Waals surface area contributed by atoms with Gasteiger partial charge in [-0.2, -0.15) is 4.79 Å². The zero-order valence-corrected chi connectivity index (χ0v) is 12.2. The van der Waals surface area contributed by atoms with E-state index in [1.807, 2.05) is 54.6 Å². The van der Waals surface area contributed by atoms with Crippen LogP contribution in [0.4, 0.5) is 4.79 Å². The molecule has 0 radical (unpaired) electrons. The Morgan fingerprint density at radius 2 is 1.86 bits per heavy atom. The Balaban J connectivity index is 1.76. The molecule has 0 aliphatic carbocycles. The molecule has 2 aromatic carbocycles. The lowest BCUT2D eigenvalue weighted by atomic mass is 10.2. The Hall–Kier alpha value is -2.88. The molecule has 0 fully saturated rings. The summed E-state index contributed by atoms with van der Waals surface area (Å²) in [6.45, 7) is 0.257. The molecule has 1 aromatic heterocycles. The number of aromatic nitrogens is 1. The third-order valence-electron chi connectivity index (χ3n) is 3.40. The maximum absolute atomic E-state index is 12.1. The van der Waals surface area contributed by atoms with E-state index in [1.165, 1.54) is 4.57 Å². The van der Waals surface area contributed by atoms with Crippen LogP contribution in [0.15, 0.2) is 67.0 Å². The number of fused-ring (bicyclic) bond motifs is 1. The molecule has 0 saturated carbocycles. The highest BCUT2D eigenvalue weighted by atomic mass is 16.5. The van der Waals surface area contributed by atoms with Gasteiger partial charge in [-0.05, 0) is 29.1 Å². The van der Waals surface area contributed by atoms with Crippen LogP contribution >= 0.6 is 0 Å². The van der Waals surface area contributed by atoms with Crippen molar-refractivity contribution in [1.29, 1.82) is 0 Å². The molecular weight excluding hydrogens is 278 g/mol. The van der Waals surface area contributed by atoms with E-state index < -0.39 is 6.09 Å². The van der Waals surface area contributed by atoms with Gasteiger partial charge in [0.25, 0.3) is 0 Å². The third kappa shape index (κ3) is 3.06. The van der Waals surface area contributed by atoms with Gasteiger partial charge in [0.2, 0.25) is 0 Å². The summed E-state index contributed by atoms with van der Waals surface area (Å²) in [6, 6.07) is 17.2. The maximum atomic E-state index is 12.1. The molecule has 4 nitrogen and oxygen atoms in total. The zero-order valence-electron chi connectivity index (χ0n) is 12.2. The second-order valence-corrected chi connectivity index (χ2v) is 4.89. The zero-order chi connectivity index (χ0) is 15.4. The third-order valence-corrected chi connectivity index (χ3v) is 3.40. The number of hydrogen-bond acceptors (Lipinski definition) is 3. The van der Waals surface area contributed by atoms with Crippen molar-refractivity contribution in [2.75, 3.05) is 7.11 Å². The molecule has 0 N–H and O–H groups in total. The van der Waals surface area contributed by atoms with Crippen molar-refractivity contribution < 1.29 is 18.8 Å². The van der Waals surface area contributed by atoms with Crippen LogP contribution in [0.25, 0.3) is 10.8 Å². The van der Waals surface area contributed by atoms with Crippen LogP contribution < -0.4 is 9.30 Å². The highest BCUT2D eigenvalue weighted by Crippen LogP contribution is 2.18. The van der Waals surface area contributed by atoms with Gasteiger partial charge in [0.15, 0.2) is 12.4 Å². The van der Waals surface area contributed by atoms with Crippen molar-refractivity contribution in [1.82, 2.24) is 0 Å². The van der Waals surface area contributed by atoms with Gasteiger partial charge in [-0.25, -0.2) is 0 Å². The van der Waals surface area contributed by atoms with Gasteiger partial charge in [-0.1, -0.05) is 34.9 Å². The van der Waals surface area contributed by atoms with Crippen molar-refractivity contribution >= 4 is 16.9 Å². The summed E-state index contributed by atoms with van der Waals surface area (Å²) in [4.78, 5) is 12.1. The van der Waals surface area contributed by atoms with Crippen molar-refractivity contribution in [3.8, 4) is 5.75 Å². The van der Waals surface area contributed by atoms with Crippen LogP contribution in [-0.4, -0.2) is 13.2 Å². The Kier molecular flexibility index (Phi) is 4.01. The lowest BCUT2D eigenvalue weighted by Gasteiger charge is -2.02. The predicted molar refractivity (Wildman–Crippen MR) is 82.7 cm³/mol. The first kappa shape index (κ1) is 14.1. The van der Waals surface area contributed by atoms with Gasteiger partial charge >= 0.3 is 6.09 Å². The Bertz CT molecular complexity index is 800. The second-order valence-electron chi connectivity index (χ2n) is 4.89. The molecule has 0 aliphatic heterocycles. The first-order chi connectivity index (χ1) is 10.8. The fourth-order valence-electron chi connectivity index (χ4n) is 2.20. The summed E-state index contributed by atoms with van der Waals surface area (Å²) in [7, 11) is 1.63. The maximum Gasteiger partial charge on any atom is 0.602 e. The number of carbonyl (C=O) groups excluding carboxylic acids is 1. The smallest absolute Gasteiger partial charge is 0.497 e. The van der Waals surface area contributed by atoms with Gasteiger partial charge in [0.1, 0.15) is 12.4 Å². The van der Waals surface area contributed by atoms with Gasteiger partial charge < -0.3 is 9.47 Å². The normalized spacial score (nSPS) is 10.4. The van der Waals surface area contributed by atoms with Crippen LogP contribution in [0.3, 0.4) is 0 Å². The van der Waals surface area contributed by atoms with Gasteiger partial charge in [0, 0.05) is 11.5 Å². The van der Waals surface area contributed by atoms with Crippen LogP contribution in [-0.2, 0) is 11.3 Å². The van der Waals surface area contributed by atoms with Crippen molar-refractivity contribution in [3.05, 3.63) is 72.6 Å². The molecule has 110 valence electrons. The summed E-state index contributed by atoms with van der Waals surface area (Å²) in [5.74, 6) is 0.789. The second kappa shape index (κ2) is 6.26. The first-order valence-corrected chi connectivity index (χ1v) is 6.96. The van der Waals surface area contributed by atoms with Gasteiger partial charge in [-0.3, -0.25) is 0 Å². The molecule has 3 aromatic rings. The topological polar surface area (TPSA) is 39.4 Å². The van der Waals surface area contributed by atoms with Crippen LogP contribution in [0.1, 0.15) is 5.56 Å². The lowest BCUT2D eigenvalue weighted by Crippen LogP contribution is -2.42. The molecule has 0 amide bonds. The predicted octanol–water partition coefficient (Wildman–Crippen LogP) is 3.32. The fraction of sp³-hybridized carbons (Fsp3) is 0.111.